The normalized spacial score (nSPS) is 19.4. The minimum Gasteiger partial charge on any atom is -0.398 e. The van der Waals surface area contributed by atoms with Gasteiger partial charge >= 0.3 is 0 Å². The number of halogens is 1. The van der Waals surface area contributed by atoms with E-state index < -0.39 is 0 Å². The Balaban J connectivity index is 1.63. The van der Waals surface area contributed by atoms with Crippen LogP contribution in [0.1, 0.15) is 31.2 Å². The first-order valence-electron chi connectivity index (χ1n) is 6.97. The summed E-state index contributed by atoms with van der Waals surface area (Å²) in [6.45, 7) is 3.66. The molecule has 98 valence electrons. The highest BCUT2D eigenvalue weighted by atomic mass is 79.9. The first kappa shape index (κ1) is 12.5. The molecule has 0 atom stereocenters. The summed E-state index contributed by atoms with van der Waals surface area (Å²) in [4.78, 5) is 2.65. The number of nitrogens with zero attached hydrogens (tertiary/aromatic N) is 1. The maximum Gasteiger partial charge on any atom is 0.0458 e. The molecule has 0 aromatic heterocycles. The molecule has 2 aliphatic rings. The van der Waals surface area contributed by atoms with E-state index in [1.165, 1.54) is 44.3 Å². The van der Waals surface area contributed by atoms with Crippen molar-refractivity contribution in [2.45, 2.75) is 32.2 Å². The van der Waals surface area contributed by atoms with Gasteiger partial charge in [0.25, 0.3) is 0 Å². The van der Waals surface area contributed by atoms with Crippen LogP contribution in [0.15, 0.2) is 22.7 Å². The average molecular weight is 309 g/mol. The van der Waals surface area contributed by atoms with E-state index in [1.54, 1.807) is 0 Å². The van der Waals surface area contributed by atoms with Crippen LogP contribution in [0.3, 0.4) is 0 Å². The van der Waals surface area contributed by atoms with Gasteiger partial charge in [0.15, 0.2) is 0 Å². The third kappa shape index (κ3) is 3.48. The molecule has 2 aliphatic carbocycles. The lowest BCUT2D eigenvalue weighted by atomic mass is 10.2. The van der Waals surface area contributed by atoms with Crippen LogP contribution in [0.5, 0.6) is 0 Å². The van der Waals surface area contributed by atoms with E-state index in [4.69, 9.17) is 5.73 Å². The minimum atomic E-state index is 0.828. The van der Waals surface area contributed by atoms with Crippen LogP contribution < -0.4 is 5.73 Å². The number of nitrogen functional groups attached to an aromatic ring is 1. The van der Waals surface area contributed by atoms with Crippen LogP contribution in [0.2, 0.25) is 0 Å². The number of anilines is 1. The van der Waals surface area contributed by atoms with Gasteiger partial charge in [-0.15, -0.1) is 0 Å². The van der Waals surface area contributed by atoms with Gasteiger partial charge in [0.2, 0.25) is 0 Å². The van der Waals surface area contributed by atoms with E-state index in [9.17, 15) is 0 Å². The van der Waals surface area contributed by atoms with Crippen molar-refractivity contribution >= 4 is 21.6 Å². The van der Waals surface area contributed by atoms with Gasteiger partial charge in [0.1, 0.15) is 0 Å². The van der Waals surface area contributed by atoms with Gasteiger partial charge < -0.3 is 5.73 Å². The molecule has 0 aliphatic heterocycles. The maximum absolute atomic E-state index is 5.84. The number of rotatable bonds is 6. The molecular weight excluding hydrogens is 288 g/mol. The summed E-state index contributed by atoms with van der Waals surface area (Å²) in [6.07, 6.45) is 5.75. The molecule has 1 aromatic rings. The first-order chi connectivity index (χ1) is 8.70. The Morgan fingerprint density at radius 3 is 2.22 bits per heavy atom. The fourth-order valence-electron chi connectivity index (χ4n) is 2.46. The minimum absolute atomic E-state index is 0.828. The Hall–Kier alpha value is -0.540. The number of hydrogen-bond donors (Lipinski definition) is 1. The predicted octanol–water partition coefficient (Wildman–Crippen LogP) is 3.65. The molecule has 1 aromatic carbocycles. The first-order valence-corrected chi connectivity index (χ1v) is 7.76. The molecule has 0 unspecified atom stereocenters. The highest BCUT2D eigenvalue weighted by Gasteiger charge is 2.29. The topological polar surface area (TPSA) is 29.3 Å². The van der Waals surface area contributed by atoms with E-state index in [0.717, 1.165) is 28.5 Å². The highest BCUT2D eigenvalue weighted by molar-refractivity contribution is 9.10. The van der Waals surface area contributed by atoms with Gasteiger partial charge in [-0.3, -0.25) is 4.90 Å². The maximum atomic E-state index is 5.84. The van der Waals surface area contributed by atoms with E-state index >= 15 is 0 Å². The summed E-state index contributed by atoms with van der Waals surface area (Å²) in [5, 5.41) is 0. The van der Waals surface area contributed by atoms with E-state index in [-0.39, 0.29) is 0 Å². The molecular formula is C15H21BrN2. The van der Waals surface area contributed by atoms with E-state index in [1.807, 2.05) is 6.07 Å². The molecule has 2 nitrogen and oxygen atoms in total. The molecule has 0 saturated heterocycles. The zero-order valence-electron chi connectivity index (χ0n) is 10.7. The molecule has 2 fully saturated rings. The van der Waals surface area contributed by atoms with Gasteiger partial charge in [-0.1, -0.05) is 6.07 Å². The highest BCUT2D eigenvalue weighted by Crippen LogP contribution is 2.34. The number of benzene rings is 1. The molecule has 0 heterocycles. The number of nitrogens with two attached hydrogens (primary N) is 1. The van der Waals surface area contributed by atoms with Gasteiger partial charge in [-0.05, 0) is 71.1 Å². The predicted molar refractivity (Wildman–Crippen MR) is 79.3 cm³/mol. The summed E-state index contributed by atoms with van der Waals surface area (Å²) in [5.74, 6) is 1.95. The standard InChI is InChI=1S/C15H21BrN2/c16-14-7-13(5-6-15(14)17)10-18(8-11-1-2-11)9-12-3-4-12/h5-7,11-12H,1-4,8-10,17H2. The Labute approximate surface area is 118 Å². The van der Waals surface area contributed by atoms with Gasteiger partial charge in [-0.25, -0.2) is 0 Å². The van der Waals surface area contributed by atoms with Crippen molar-refractivity contribution in [3.8, 4) is 0 Å². The summed E-state index contributed by atoms with van der Waals surface area (Å²) in [5.41, 5.74) is 8.04. The van der Waals surface area contributed by atoms with Crippen molar-refractivity contribution < 1.29 is 0 Å². The van der Waals surface area contributed by atoms with Crippen LogP contribution >= 0.6 is 15.9 Å². The van der Waals surface area contributed by atoms with Crippen molar-refractivity contribution in [2.24, 2.45) is 11.8 Å². The lowest BCUT2D eigenvalue weighted by Gasteiger charge is -2.22. The largest absolute Gasteiger partial charge is 0.398 e. The van der Waals surface area contributed by atoms with E-state index in [2.05, 4.69) is 33.0 Å². The summed E-state index contributed by atoms with van der Waals surface area (Å²) >= 11 is 3.52. The Bertz CT molecular complexity index is 411. The van der Waals surface area contributed by atoms with Crippen LogP contribution in [0.25, 0.3) is 0 Å². The van der Waals surface area contributed by atoms with Crippen LogP contribution in [0, 0.1) is 11.8 Å². The fourth-order valence-corrected chi connectivity index (χ4v) is 2.89. The van der Waals surface area contributed by atoms with Gasteiger partial charge in [0.05, 0.1) is 0 Å². The summed E-state index contributed by atoms with van der Waals surface area (Å²) in [7, 11) is 0. The zero-order valence-corrected chi connectivity index (χ0v) is 12.3. The van der Waals surface area contributed by atoms with Crippen molar-refractivity contribution in [1.82, 2.24) is 4.90 Å². The number of hydrogen-bond acceptors (Lipinski definition) is 2. The Morgan fingerprint density at radius 2 is 1.72 bits per heavy atom. The zero-order chi connectivity index (χ0) is 12.5. The molecule has 2 N–H and O–H groups in total. The fraction of sp³-hybridized carbons (Fsp3) is 0.600. The second kappa shape index (κ2) is 5.22. The van der Waals surface area contributed by atoms with Crippen molar-refractivity contribution in [2.75, 3.05) is 18.8 Å². The lowest BCUT2D eigenvalue weighted by Crippen LogP contribution is -2.27. The van der Waals surface area contributed by atoms with Crippen LogP contribution in [-0.4, -0.2) is 18.0 Å². The molecule has 0 bridgehead atoms. The molecule has 3 rings (SSSR count). The summed E-state index contributed by atoms with van der Waals surface area (Å²) < 4.78 is 1.03. The second-order valence-corrected chi connectivity index (χ2v) is 6.79. The van der Waals surface area contributed by atoms with E-state index in [0.29, 0.717) is 0 Å². The van der Waals surface area contributed by atoms with Gasteiger partial charge in [-0.2, -0.15) is 0 Å². The van der Waals surface area contributed by atoms with Crippen molar-refractivity contribution in [1.29, 1.82) is 0 Å². The molecule has 0 amide bonds. The van der Waals surface area contributed by atoms with Crippen LogP contribution in [-0.2, 0) is 6.54 Å². The molecule has 3 heteroatoms. The quantitative estimate of drug-likeness (QED) is 0.813. The van der Waals surface area contributed by atoms with Crippen molar-refractivity contribution in [3.63, 3.8) is 0 Å². The Morgan fingerprint density at radius 1 is 1.11 bits per heavy atom. The second-order valence-electron chi connectivity index (χ2n) is 5.94. The third-order valence-corrected chi connectivity index (χ3v) is 4.58. The third-order valence-electron chi connectivity index (χ3n) is 3.90. The summed E-state index contributed by atoms with van der Waals surface area (Å²) in [6, 6.07) is 6.33. The molecule has 0 spiro atoms. The average Bonchev–Trinajstić information content (AvgIpc) is 3.19. The smallest absolute Gasteiger partial charge is 0.0458 e. The van der Waals surface area contributed by atoms with Crippen LogP contribution in [0.4, 0.5) is 5.69 Å². The van der Waals surface area contributed by atoms with Crippen molar-refractivity contribution in [3.05, 3.63) is 28.2 Å². The Kier molecular flexibility index (Phi) is 3.62. The monoisotopic (exact) mass is 308 g/mol. The van der Waals surface area contributed by atoms with Gasteiger partial charge in [0, 0.05) is 29.8 Å². The molecule has 2 saturated carbocycles. The lowest BCUT2D eigenvalue weighted by molar-refractivity contribution is 0.244. The molecule has 18 heavy (non-hydrogen) atoms. The molecule has 0 radical (unpaired) electrons. The SMILES string of the molecule is Nc1ccc(CN(CC2CC2)CC2CC2)cc1Br.